The van der Waals surface area contributed by atoms with Crippen molar-refractivity contribution in [3.8, 4) is 5.75 Å². The van der Waals surface area contributed by atoms with Crippen LogP contribution in [0.4, 0.5) is 5.13 Å². The van der Waals surface area contributed by atoms with Crippen LogP contribution < -0.4 is 9.64 Å². The average molecular weight is 290 g/mol. The Bertz CT molecular complexity index is 585. The number of hydrogen-bond acceptors (Lipinski definition) is 4. The van der Waals surface area contributed by atoms with Crippen molar-refractivity contribution in [3.63, 3.8) is 0 Å². The summed E-state index contributed by atoms with van der Waals surface area (Å²) in [5.74, 6) is 0.824. The molecule has 0 spiro atoms. The van der Waals surface area contributed by atoms with Gasteiger partial charge in [-0.3, -0.25) is 9.69 Å². The zero-order chi connectivity index (χ0) is 14.7. The van der Waals surface area contributed by atoms with Crippen LogP contribution in [0.5, 0.6) is 5.75 Å². The first-order chi connectivity index (χ1) is 9.51. The second-order valence-electron chi connectivity index (χ2n) is 4.62. The molecule has 0 unspecified atom stereocenters. The fraction of sp³-hybridized carbons (Fsp3) is 0.333. The van der Waals surface area contributed by atoms with Gasteiger partial charge in [-0.15, -0.1) is 11.3 Å². The number of carbonyl (C=O) groups excluding carboxylic acids is 1. The van der Waals surface area contributed by atoms with E-state index in [9.17, 15) is 4.79 Å². The van der Waals surface area contributed by atoms with Crippen LogP contribution in [0.3, 0.4) is 0 Å². The van der Waals surface area contributed by atoms with Crippen molar-refractivity contribution in [3.05, 3.63) is 40.4 Å². The van der Waals surface area contributed by atoms with Gasteiger partial charge in [0.25, 0.3) is 0 Å². The smallest absolute Gasteiger partial charge is 0.232 e. The average Bonchev–Trinajstić information content (AvgIpc) is 2.78. The zero-order valence-corrected chi connectivity index (χ0v) is 13.0. The number of hydrogen-bond donors (Lipinski definition) is 0. The molecule has 2 rings (SSSR count). The molecule has 1 heterocycles. The number of nitrogens with zero attached hydrogens (tertiary/aromatic N) is 2. The van der Waals surface area contributed by atoms with Crippen molar-refractivity contribution in [2.24, 2.45) is 0 Å². The molecule has 2 aromatic rings. The first-order valence-corrected chi connectivity index (χ1v) is 7.16. The SMILES string of the molecule is COc1ccc(CC(=O)N(C)c2nc(C)c(C)s2)cc1. The van der Waals surface area contributed by atoms with Crippen LogP contribution in [0.15, 0.2) is 24.3 Å². The molecule has 0 saturated carbocycles. The zero-order valence-electron chi connectivity index (χ0n) is 12.1. The summed E-state index contributed by atoms with van der Waals surface area (Å²) in [5.41, 5.74) is 1.95. The van der Waals surface area contributed by atoms with Crippen LogP contribution in [-0.4, -0.2) is 25.0 Å². The Balaban J connectivity index is 2.06. The number of aromatic nitrogens is 1. The number of aryl methyl sites for hydroxylation is 2. The minimum Gasteiger partial charge on any atom is -0.497 e. The Morgan fingerprint density at radius 1 is 1.30 bits per heavy atom. The lowest BCUT2D eigenvalue weighted by atomic mass is 10.1. The summed E-state index contributed by atoms with van der Waals surface area (Å²) in [7, 11) is 3.39. The third-order valence-electron chi connectivity index (χ3n) is 3.19. The van der Waals surface area contributed by atoms with Gasteiger partial charge in [0.15, 0.2) is 5.13 Å². The minimum atomic E-state index is 0.0314. The Hall–Kier alpha value is -1.88. The Morgan fingerprint density at radius 3 is 2.45 bits per heavy atom. The number of amides is 1. The van der Waals surface area contributed by atoms with Crippen LogP contribution in [0.2, 0.25) is 0 Å². The highest BCUT2D eigenvalue weighted by molar-refractivity contribution is 7.15. The van der Waals surface area contributed by atoms with E-state index in [0.29, 0.717) is 6.42 Å². The molecular weight excluding hydrogens is 272 g/mol. The Labute approximate surface area is 123 Å². The lowest BCUT2D eigenvalue weighted by Crippen LogP contribution is -2.27. The molecule has 5 heteroatoms. The van der Waals surface area contributed by atoms with Crippen LogP contribution in [0.1, 0.15) is 16.1 Å². The van der Waals surface area contributed by atoms with Gasteiger partial charge < -0.3 is 4.74 Å². The highest BCUT2D eigenvalue weighted by Gasteiger charge is 2.15. The summed E-state index contributed by atoms with van der Waals surface area (Å²) in [6, 6.07) is 7.53. The van der Waals surface area contributed by atoms with Gasteiger partial charge in [-0.05, 0) is 31.5 Å². The van der Waals surface area contributed by atoms with Gasteiger partial charge in [0.2, 0.25) is 5.91 Å². The number of rotatable bonds is 4. The summed E-state index contributed by atoms with van der Waals surface area (Å²) in [5, 5.41) is 0.749. The van der Waals surface area contributed by atoms with E-state index in [0.717, 1.165) is 27.0 Å². The van der Waals surface area contributed by atoms with Gasteiger partial charge in [0.1, 0.15) is 5.75 Å². The highest BCUT2D eigenvalue weighted by Crippen LogP contribution is 2.24. The molecule has 106 valence electrons. The Morgan fingerprint density at radius 2 is 1.95 bits per heavy atom. The monoisotopic (exact) mass is 290 g/mol. The number of methoxy groups -OCH3 is 1. The van der Waals surface area contributed by atoms with E-state index in [-0.39, 0.29) is 5.91 Å². The number of ether oxygens (including phenoxy) is 1. The lowest BCUT2D eigenvalue weighted by Gasteiger charge is -2.13. The maximum atomic E-state index is 12.2. The normalized spacial score (nSPS) is 10.4. The van der Waals surface area contributed by atoms with Crippen LogP contribution in [-0.2, 0) is 11.2 Å². The molecule has 1 amide bonds. The van der Waals surface area contributed by atoms with Crippen molar-refractivity contribution in [2.45, 2.75) is 20.3 Å². The molecule has 0 aliphatic heterocycles. The molecule has 4 nitrogen and oxygen atoms in total. The molecule has 20 heavy (non-hydrogen) atoms. The van der Waals surface area contributed by atoms with E-state index in [4.69, 9.17) is 4.74 Å². The van der Waals surface area contributed by atoms with E-state index in [1.807, 2.05) is 38.1 Å². The van der Waals surface area contributed by atoms with E-state index in [2.05, 4.69) is 4.98 Å². The summed E-state index contributed by atoms with van der Waals surface area (Å²) in [6.45, 7) is 3.97. The minimum absolute atomic E-state index is 0.0314. The lowest BCUT2D eigenvalue weighted by molar-refractivity contribution is -0.117. The van der Waals surface area contributed by atoms with E-state index >= 15 is 0 Å². The van der Waals surface area contributed by atoms with Crippen molar-refractivity contribution < 1.29 is 9.53 Å². The molecule has 0 saturated heterocycles. The summed E-state index contributed by atoms with van der Waals surface area (Å²) >= 11 is 1.54. The van der Waals surface area contributed by atoms with Crippen LogP contribution in [0, 0.1) is 13.8 Å². The Kier molecular flexibility index (Phi) is 4.39. The molecule has 1 aromatic heterocycles. The van der Waals surface area contributed by atoms with Gasteiger partial charge in [-0.25, -0.2) is 4.98 Å². The van der Waals surface area contributed by atoms with Crippen LogP contribution >= 0.6 is 11.3 Å². The number of likely N-dealkylation sites (N-methyl/N-ethyl adjacent to an activating group) is 1. The largest absolute Gasteiger partial charge is 0.497 e. The number of benzene rings is 1. The maximum absolute atomic E-state index is 12.2. The number of thiazole rings is 1. The third kappa shape index (κ3) is 3.17. The predicted octanol–water partition coefficient (Wildman–Crippen LogP) is 2.97. The molecule has 0 fully saturated rings. The molecule has 0 radical (unpaired) electrons. The van der Waals surface area contributed by atoms with Gasteiger partial charge in [0, 0.05) is 11.9 Å². The molecule has 0 bridgehead atoms. The van der Waals surface area contributed by atoms with Gasteiger partial charge in [0.05, 0.1) is 19.2 Å². The first kappa shape index (κ1) is 14.5. The summed E-state index contributed by atoms with van der Waals surface area (Å²) in [4.78, 5) is 19.4. The second kappa shape index (κ2) is 6.05. The summed E-state index contributed by atoms with van der Waals surface area (Å²) in [6.07, 6.45) is 0.359. The van der Waals surface area contributed by atoms with Crippen LogP contribution in [0.25, 0.3) is 0 Å². The number of carbonyl (C=O) groups is 1. The van der Waals surface area contributed by atoms with E-state index in [1.54, 1.807) is 30.4 Å². The van der Waals surface area contributed by atoms with Gasteiger partial charge >= 0.3 is 0 Å². The fourth-order valence-electron chi connectivity index (χ4n) is 1.74. The third-order valence-corrected chi connectivity index (χ3v) is 4.34. The predicted molar refractivity (Wildman–Crippen MR) is 81.7 cm³/mol. The van der Waals surface area contributed by atoms with Crippen molar-refractivity contribution in [1.29, 1.82) is 0 Å². The molecule has 0 aliphatic rings. The molecule has 0 aliphatic carbocycles. The van der Waals surface area contributed by atoms with Crippen molar-refractivity contribution >= 4 is 22.4 Å². The molecule has 0 atom stereocenters. The summed E-state index contributed by atoms with van der Waals surface area (Å²) < 4.78 is 5.10. The quantitative estimate of drug-likeness (QED) is 0.869. The maximum Gasteiger partial charge on any atom is 0.232 e. The van der Waals surface area contributed by atoms with Crippen molar-refractivity contribution in [1.82, 2.24) is 4.98 Å². The first-order valence-electron chi connectivity index (χ1n) is 6.34. The van der Waals surface area contributed by atoms with Gasteiger partial charge in [-0.1, -0.05) is 12.1 Å². The molecule has 0 N–H and O–H groups in total. The van der Waals surface area contributed by atoms with E-state index < -0.39 is 0 Å². The molecular formula is C15H18N2O2S. The fourth-order valence-corrected chi connectivity index (χ4v) is 2.63. The van der Waals surface area contributed by atoms with E-state index in [1.165, 1.54) is 0 Å². The number of anilines is 1. The highest BCUT2D eigenvalue weighted by atomic mass is 32.1. The molecule has 1 aromatic carbocycles. The van der Waals surface area contributed by atoms with Gasteiger partial charge in [-0.2, -0.15) is 0 Å². The standard InChI is InChI=1S/C15H18N2O2S/c1-10-11(2)20-15(16-10)17(3)14(18)9-12-5-7-13(19-4)8-6-12/h5-8H,9H2,1-4H3. The second-order valence-corrected chi connectivity index (χ2v) is 5.80. The topological polar surface area (TPSA) is 42.4 Å². The van der Waals surface area contributed by atoms with Crippen molar-refractivity contribution in [2.75, 3.05) is 19.1 Å².